The molecule has 132 valence electrons. The second-order valence-electron chi connectivity index (χ2n) is 5.12. The molecule has 2 aromatic rings. The SMILES string of the molecule is CC(=O)Nc1ccccc1OCC(=O)NCCOc1ccc(Cl)cc1. The number of carbonyl (C=O) groups is 2. The Labute approximate surface area is 151 Å². The van der Waals surface area contributed by atoms with Gasteiger partial charge in [-0.05, 0) is 36.4 Å². The molecule has 0 heterocycles. The van der Waals surface area contributed by atoms with Crippen LogP contribution in [0.5, 0.6) is 11.5 Å². The zero-order valence-electron chi connectivity index (χ0n) is 13.8. The van der Waals surface area contributed by atoms with E-state index in [0.717, 1.165) is 0 Å². The summed E-state index contributed by atoms with van der Waals surface area (Å²) in [6.07, 6.45) is 0. The summed E-state index contributed by atoms with van der Waals surface area (Å²) in [5, 5.41) is 5.98. The van der Waals surface area contributed by atoms with Gasteiger partial charge in [0.05, 0.1) is 12.2 Å². The van der Waals surface area contributed by atoms with Crippen LogP contribution < -0.4 is 20.1 Å². The number of benzene rings is 2. The second kappa shape index (κ2) is 9.54. The maximum Gasteiger partial charge on any atom is 0.258 e. The van der Waals surface area contributed by atoms with E-state index in [2.05, 4.69) is 10.6 Å². The summed E-state index contributed by atoms with van der Waals surface area (Å²) >= 11 is 5.79. The van der Waals surface area contributed by atoms with Crippen molar-refractivity contribution >= 4 is 29.1 Å². The smallest absolute Gasteiger partial charge is 0.258 e. The fraction of sp³-hybridized carbons (Fsp3) is 0.222. The van der Waals surface area contributed by atoms with Crippen LogP contribution in [0.1, 0.15) is 6.92 Å². The molecule has 2 N–H and O–H groups in total. The molecule has 0 spiro atoms. The third-order valence-electron chi connectivity index (χ3n) is 3.06. The lowest BCUT2D eigenvalue weighted by atomic mass is 10.3. The summed E-state index contributed by atoms with van der Waals surface area (Å²) in [6, 6.07) is 13.9. The first kappa shape index (κ1) is 18.6. The molecule has 2 rings (SSSR count). The van der Waals surface area contributed by atoms with Gasteiger partial charge in [0.25, 0.3) is 5.91 Å². The highest BCUT2D eigenvalue weighted by molar-refractivity contribution is 6.30. The van der Waals surface area contributed by atoms with E-state index >= 15 is 0 Å². The van der Waals surface area contributed by atoms with Gasteiger partial charge in [-0.3, -0.25) is 9.59 Å². The van der Waals surface area contributed by atoms with Crippen molar-refractivity contribution in [3.63, 3.8) is 0 Å². The molecule has 0 unspecified atom stereocenters. The topological polar surface area (TPSA) is 76.7 Å². The number of anilines is 1. The molecule has 0 saturated heterocycles. The largest absolute Gasteiger partial charge is 0.492 e. The van der Waals surface area contributed by atoms with E-state index in [1.165, 1.54) is 6.92 Å². The first-order valence-corrected chi connectivity index (χ1v) is 8.07. The third kappa shape index (κ3) is 6.73. The van der Waals surface area contributed by atoms with Crippen molar-refractivity contribution in [3.8, 4) is 11.5 Å². The molecule has 2 amide bonds. The van der Waals surface area contributed by atoms with Crippen LogP contribution in [0.25, 0.3) is 0 Å². The van der Waals surface area contributed by atoms with E-state index in [1.807, 2.05) is 0 Å². The van der Waals surface area contributed by atoms with Gasteiger partial charge in [0.2, 0.25) is 5.91 Å². The van der Waals surface area contributed by atoms with Crippen LogP contribution in [-0.4, -0.2) is 31.6 Å². The van der Waals surface area contributed by atoms with Gasteiger partial charge in [-0.25, -0.2) is 0 Å². The number of nitrogens with one attached hydrogen (secondary N) is 2. The minimum atomic E-state index is -0.280. The summed E-state index contributed by atoms with van der Waals surface area (Å²) in [7, 11) is 0. The van der Waals surface area contributed by atoms with Crippen molar-refractivity contribution in [2.75, 3.05) is 25.1 Å². The first-order valence-electron chi connectivity index (χ1n) is 7.69. The molecule has 0 aliphatic heterocycles. The zero-order valence-corrected chi connectivity index (χ0v) is 14.5. The van der Waals surface area contributed by atoms with Gasteiger partial charge in [0.1, 0.15) is 18.1 Å². The molecule has 0 bridgehead atoms. The van der Waals surface area contributed by atoms with Crippen molar-refractivity contribution < 1.29 is 19.1 Å². The summed E-state index contributed by atoms with van der Waals surface area (Å²) in [5.74, 6) is 0.626. The molecule has 0 aliphatic rings. The fourth-order valence-electron chi connectivity index (χ4n) is 1.97. The van der Waals surface area contributed by atoms with Gasteiger partial charge in [-0.15, -0.1) is 0 Å². The molecule has 7 heteroatoms. The van der Waals surface area contributed by atoms with E-state index < -0.39 is 0 Å². The molecule has 0 aliphatic carbocycles. The Hall–Kier alpha value is -2.73. The van der Waals surface area contributed by atoms with Crippen LogP contribution >= 0.6 is 11.6 Å². The van der Waals surface area contributed by atoms with E-state index in [0.29, 0.717) is 35.4 Å². The standard InChI is InChI=1S/C18H19ClN2O4/c1-13(22)21-16-4-2-3-5-17(16)25-12-18(23)20-10-11-24-15-8-6-14(19)7-9-15/h2-9H,10-12H2,1H3,(H,20,23)(H,21,22). The Morgan fingerprint density at radius 1 is 1.04 bits per heavy atom. The molecule has 0 radical (unpaired) electrons. The van der Waals surface area contributed by atoms with Crippen LogP contribution in [0.2, 0.25) is 5.02 Å². The van der Waals surface area contributed by atoms with E-state index in [9.17, 15) is 9.59 Å². The maximum absolute atomic E-state index is 11.8. The lowest BCUT2D eigenvalue weighted by molar-refractivity contribution is -0.123. The third-order valence-corrected chi connectivity index (χ3v) is 3.32. The zero-order chi connectivity index (χ0) is 18.1. The summed E-state index contributed by atoms with van der Waals surface area (Å²) in [4.78, 5) is 23.0. The van der Waals surface area contributed by atoms with Gasteiger partial charge in [-0.1, -0.05) is 23.7 Å². The van der Waals surface area contributed by atoms with Crippen LogP contribution in [0.15, 0.2) is 48.5 Å². The number of halogens is 1. The van der Waals surface area contributed by atoms with Crippen molar-refractivity contribution in [2.24, 2.45) is 0 Å². The predicted octanol–water partition coefficient (Wildman–Crippen LogP) is 2.87. The lowest BCUT2D eigenvalue weighted by Crippen LogP contribution is -2.32. The Morgan fingerprint density at radius 2 is 1.76 bits per heavy atom. The van der Waals surface area contributed by atoms with Crippen LogP contribution in [0.3, 0.4) is 0 Å². The average molecular weight is 363 g/mol. The molecule has 0 fully saturated rings. The lowest BCUT2D eigenvalue weighted by Gasteiger charge is -2.12. The predicted molar refractivity (Wildman–Crippen MR) is 96.2 cm³/mol. The van der Waals surface area contributed by atoms with Gasteiger partial charge in [0, 0.05) is 11.9 Å². The van der Waals surface area contributed by atoms with Crippen molar-refractivity contribution in [1.82, 2.24) is 5.32 Å². The van der Waals surface area contributed by atoms with Gasteiger partial charge >= 0.3 is 0 Å². The Bertz CT molecular complexity index is 719. The molecule has 0 saturated carbocycles. The summed E-state index contributed by atoms with van der Waals surface area (Å²) in [5.41, 5.74) is 0.522. The molecule has 0 aromatic heterocycles. The highest BCUT2D eigenvalue weighted by Gasteiger charge is 2.07. The molecule has 2 aromatic carbocycles. The number of rotatable bonds is 8. The quantitative estimate of drug-likeness (QED) is 0.708. The normalized spacial score (nSPS) is 10.0. The average Bonchev–Trinajstić information content (AvgIpc) is 2.59. The number of para-hydroxylation sites is 2. The summed E-state index contributed by atoms with van der Waals surface area (Å²) < 4.78 is 10.9. The summed E-state index contributed by atoms with van der Waals surface area (Å²) in [6.45, 7) is 1.93. The Kier molecular flexibility index (Phi) is 7.10. The first-order chi connectivity index (χ1) is 12.0. The van der Waals surface area contributed by atoms with Crippen LogP contribution in [0.4, 0.5) is 5.69 Å². The van der Waals surface area contributed by atoms with Crippen LogP contribution in [-0.2, 0) is 9.59 Å². The minimum Gasteiger partial charge on any atom is -0.492 e. The highest BCUT2D eigenvalue weighted by Crippen LogP contribution is 2.23. The fourth-order valence-corrected chi connectivity index (χ4v) is 2.10. The minimum absolute atomic E-state index is 0.155. The second-order valence-corrected chi connectivity index (χ2v) is 5.55. The number of ether oxygens (including phenoxy) is 2. The van der Waals surface area contributed by atoms with Gasteiger partial charge < -0.3 is 20.1 Å². The molecule has 0 atom stereocenters. The Morgan fingerprint density at radius 3 is 2.48 bits per heavy atom. The monoisotopic (exact) mass is 362 g/mol. The van der Waals surface area contributed by atoms with Crippen molar-refractivity contribution in [2.45, 2.75) is 6.92 Å². The molecular weight excluding hydrogens is 344 g/mol. The van der Waals surface area contributed by atoms with Gasteiger partial charge in [0.15, 0.2) is 6.61 Å². The Balaban J connectivity index is 1.70. The van der Waals surface area contributed by atoms with E-state index in [1.54, 1.807) is 48.5 Å². The highest BCUT2D eigenvalue weighted by atomic mass is 35.5. The number of amides is 2. The number of hydrogen-bond donors (Lipinski definition) is 2. The number of carbonyl (C=O) groups excluding carboxylic acids is 2. The van der Waals surface area contributed by atoms with Crippen molar-refractivity contribution in [3.05, 3.63) is 53.6 Å². The maximum atomic E-state index is 11.8. The van der Waals surface area contributed by atoms with E-state index in [-0.39, 0.29) is 18.4 Å². The van der Waals surface area contributed by atoms with Gasteiger partial charge in [-0.2, -0.15) is 0 Å². The van der Waals surface area contributed by atoms with E-state index in [4.69, 9.17) is 21.1 Å². The molecule has 6 nitrogen and oxygen atoms in total. The molecular formula is C18H19ClN2O4. The molecule has 25 heavy (non-hydrogen) atoms. The van der Waals surface area contributed by atoms with Crippen molar-refractivity contribution in [1.29, 1.82) is 0 Å². The van der Waals surface area contributed by atoms with Crippen LogP contribution in [0, 0.1) is 0 Å². The number of hydrogen-bond acceptors (Lipinski definition) is 4.